The van der Waals surface area contributed by atoms with E-state index in [-0.39, 0.29) is 19.1 Å². The van der Waals surface area contributed by atoms with Gasteiger partial charge in [-0.25, -0.2) is 4.39 Å². The van der Waals surface area contributed by atoms with E-state index in [2.05, 4.69) is 34.6 Å². The SMILES string of the molecule is CC1C(C)C(C)C(C)C1C.[CH3-].[Cl][Ti][Cl].[N-]=C1c2c(F)cccc2CN1C1CCCCCCC1. The first-order valence-electron chi connectivity index (χ1n) is 12.3. The van der Waals surface area contributed by atoms with Gasteiger partial charge in [0, 0.05) is 5.56 Å². The van der Waals surface area contributed by atoms with Crippen LogP contribution in [0.2, 0.25) is 0 Å². The summed E-state index contributed by atoms with van der Waals surface area (Å²) in [4.78, 5) is 2.01. The molecule has 6 heteroatoms. The molecule has 0 saturated heterocycles. The van der Waals surface area contributed by atoms with Crippen LogP contribution in [0.5, 0.6) is 0 Å². The maximum Gasteiger partial charge on any atom is 0.130 e. The van der Waals surface area contributed by atoms with Gasteiger partial charge in [-0.15, -0.1) is 0 Å². The summed E-state index contributed by atoms with van der Waals surface area (Å²) in [6, 6.07) is 5.43. The molecular weight excluding hydrogens is 490 g/mol. The molecule has 1 aliphatic heterocycles. The van der Waals surface area contributed by atoms with Crippen LogP contribution >= 0.6 is 18.6 Å². The van der Waals surface area contributed by atoms with E-state index in [4.69, 9.17) is 18.6 Å². The molecule has 0 unspecified atom stereocenters. The summed E-state index contributed by atoms with van der Waals surface area (Å²) in [6.07, 6.45) is 8.55. The minimum Gasteiger partial charge on any atom is -0.464 e. The number of hydrogen-bond acceptors (Lipinski definition) is 0. The summed E-state index contributed by atoms with van der Waals surface area (Å²) in [7, 11) is 9.78. The van der Waals surface area contributed by atoms with Crippen LogP contribution < -0.4 is 0 Å². The Hall–Kier alpha value is -0.0857. The summed E-state index contributed by atoms with van der Waals surface area (Å²) in [6.45, 7) is 12.6. The summed E-state index contributed by atoms with van der Waals surface area (Å²) < 4.78 is 13.8. The third-order valence-corrected chi connectivity index (χ3v) is 8.60. The molecule has 33 heavy (non-hydrogen) atoms. The number of hydrogen-bond donors (Lipinski definition) is 0. The smallest absolute Gasteiger partial charge is 0.130 e. The predicted octanol–water partition coefficient (Wildman–Crippen LogP) is 9.08. The van der Waals surface area contributed by atoms with Gasteiger partial charge < -0.3 is 17.7 Å². The quantitative estimate of drug-likeness (QED) is 0.261. The minimum atomic E-state index is -0.556. The molecular formula is C27H43Cl2FN2Ti-2. The number of amidine groups is 1. The maximum absolute atomic E-state index is 13.8. The van der Waals surface area contributed by atoms with Crippen LogP contribution in [0.4, 0.5) is 4.39 Å². The molecule has 0 N–H and O–H groups in total. The van der Waals surface area contributed by atoms with E-state index in [1.165, 1.54) is 38.2 Å². The Morgan fingerprint density at radius 3 is 1.70 bits per heavy atom. The maximum atomic E-state index is 13.8. The number of fused-ring (bicyclic) bond motifs is 1. The van der Waals surface area contributed by atoms with Crippen molar-refractivity contribution >= 4 is 24.4 Å². The Kier molecular flexibility index (Phi) is 14.2. The van der Waals surface area contributed by atoms with Gasteiger partial charge in [-0.2, -0.15) is 0 Å². The normalized spacial score (nSPS) is 29.4. The van der Waals surface area contributed by atoms with E-state index in [0.717, 1.165) is 48.0 Å². The summed E-state index contributed by atoms with van der Waals surface area (Å²) in [5.74, 6) is 4.53. The predicted molar refractivity (Wildman–Crippen MR) is 139 cm³/mol. The van der Waals surface area contributed by atoms with E-state index in [0.29, 0.717) is 18.2 Å². The minimum absolute atomic E-state index is 0. The molecule has 188 valence electrons. The second-order valence-corrected chi connectivity index (χ2v) is 12.7. The van der Waals surface area contributed by atoms with Gasteiger partial charge in [0.05, 0.1) is 0 Å². The van der Waals surface area contributed by atoms with Crippen molar-refractivity contribution in [2.45, 2.75) is 92.2 Å². The summed E-state index contributed by atoms with van der Waals surface area (Å²) in [5, 5.41) is 10.3. The molecule has 1 aromatic carbocycles. The van der Waals surface area contributed by atoms with Crippen molar-refractivity contribution in [2.24, 2.45) is 29.6 Å². The summed E-state index contributed by atoms with van der Waals surface area (Å²) in [5.41, 5.74) is 1.34. The molecule has 0 radical (unpaired) electrons. The van der Waals surface area contributed by atoms with Gasteiger partial charge in [0.25, 0.3) is 0 Å². The third-order valence-electron chi connectivity index (χ3n) is 8.60. The molecule has 0 amide bonds. The van der Waals surface area contributed by atoms with Crippen molar-refractivity contribution in [3.05, 3.63) is 48.0 Å². The number of nitrogens with zero attached hydrogens (tertiary/aromatic N) is 2. The number of rotatable bonds is 1. The molecule has 0 spiro atoms. The van der Waals surface area contributed by atoms with E-state index >= 15 is 0 Å². The van der Waals surface area contributed by atoms with Gasteiger partial charge in [-0.05, 0) is 53.8 Å². The average molecular weight is 533 g/mol. The Morgan fingerprint density at radius 1 is 0.848 bits per heavy atom. The fraction of sp³-hybridized carbons (Fsp3) is 0.704. The van der Waals surface area contributed by atoms with Crippen molar-refractivity contribution in [1.29, 1.82) is 0 Å². The van der Waals surface area contributed by atoms with Crippen LogP contribution in [-0.2, 0) is 23.6 Å². The van der Waals surface area contributed by atoms with Crippen LogP contribution in [0.3, 0.4) is 0 Å². The topological polar surface area (TPSA) is 25.5 Å². The first-order chi connectivity index (χ1) is 15.2. The van der Waals surface area contributed by atoms with Gasteiger partial charge in [0.1, 0.15) is 5.82 Å². The van der Waals surface area contributed by atoms with Gasteiger partial charge in [0.15, 0.2) is 0 Å². The molecule has 0 atom stereocenters. The van der Waals surface area contributed by atoms with Crippen molar-refractivity contribution in [2.75, 3.05) is 0 Å². The number of halogens is 3. The molecule has 2 aliphatic carbocycles. The van der Waals surface area contributed by atoms with Crippen LogP contribution in [-0.4, -0.2) is 16.8 Å². The second-order valence-electron chi connectivity index (χ2n) is 10.1. The zero-order chi connectivity index (χ0) is 23.8. The van der Waals surface area contributed by atoms with E-state index in [1.807, 2.05) is 11.0 Å². The Bertz CT molecular complexity index is 679. The molecule has 0 aromatic heterocycles. The van der Waals surface area contributed by atoms with E-state index in [9.17, 15) is 9.80 Å². The Labute approximate surface area is 219 Å². The fourth-order valence-electron chi connectivity index (χ4n) is 5.80. The van der Waals surface area contributed by atoms with Gasteiger partial charge >= 0.3 is 35.6 Å². The Morgan fingerprint density at radius 2 is 1.27 bits per heavy atom. The molecule has 4 rings (SSSR count). The zero-order valence-corrected chi connectivity index (χ0v) is 24.5. The molecule has 0 bridgehead atoms. The first-order valence-corrected chi connectivity index (χ1v) is 16.6. The van der Waals surface area contributed by atoms with Crippen LogP contribution in [0, 0.1) is 42.8 Å². The second kappa shape index (κ2) is 15.1. The molecule has 3 aliphatic rings. The largest absolute Gasteiger partial charge is 0.464 e. The third kappa shape index (κ3) is 7.96. The fourth-order valence-corrected chi connectivity index (χ4v) is 5.80. The standard InChI is InChI=1S/C16H20FN2.C10H20.CH3.2ClH.Ti/c17-14-10-6-7-12-11-19(16(18)15(12)14)13-8-4-2-1-3-5-9-13;1-6-7(2)9(4)10(5)8(6)3;;;;/h6-7,10,13H,1-5,8-9,11H2;6-10H,1-5H3;1H3;2*1H;/q-1;;-1;;;+2/p-2. The molecule has 1 aromatic rings. The molecule has 2 nitrogen and oxygen atoms in total. The average Bonchev–Trinajstić information content (AvgIpc) is 3.16. The Balaban J connectivity index is 0.000000330. The van der Waals surface area contributed by atoms with Crippen molar-refractivity contribution in [3.63, 3.8) is 0 Å². The van der Waals surface area contributed by atoms with E-state index < -0.39 is 17.0 Å². The van der Waals surface area contributed by atoms with Gasteiger partial charge in [0.2, 0.25) is 0 Å². The van der Waals surface area contributed by atoms with Crippen LogP contribution in [0.25, 0.3) is 5.41 Å². The molecule has 2 fully saturated rings. The monoisotopic (exact) mass is 532 g/mol. The van der Waals surface area contributed by atoms with Crippen molar-refractivity contribution in [1.82, 2.24) is 4.90 Å². The number of benzene rings is 1. The van der Waals surface area contributed by atoms with Gasteiger partial charge in [-0.1, -0.05) is 97.5 Å². The van der Waals surface area contributed by atoms with Crippen molar-refractivity contribution < 1.29 is 21.4 Å². The summed E-state index contributed by atoms with van der Waals surface area (Å²) >= 11 is -0.556. The molecule has 1 heterocycles. The van der Waals surface area contributed by atoms with E-state index in [1.54, 1.807) is 6.07 Å². The zero-order valence-electron chi connectivity index (χ0n) is 21.4. The van der Waals surface area contributed by atoms with Crippen molar-refractivity contribution in [3.8, 4) is 0 Å². The first kappa shape index (κ1) is 30.9. The van der Waals surface area contributed by atoms with Crippen LogP contribution in [0.1, 0.15) is 90.7 Å². The van der Waals surface area contributed by atoms with Crippen LogP contribution in [0.15, 0.2) is 18.2 Å². The molecule has 2 saturated carbocycles. The van der Waals surface area contributed by atoms with Gasteiger partial charge in [-0.3, -0.25) is 0 Å².